The molecule has 1 heterocycles. The zero-order chi connectivity index (χ0) is 14.8. The molecule has 0 radical (unpaired) electrons. The Morgan fingerprint density at radius 1 is 1.19 bits per heavy atom. The summed E-state index contributed by atoms with van der Waals surface area (Å²) in [5.41, 5.74) is 3.24. The summed E-state index contributed by atoms with van der Waals surface area (Å²) in [5.74, 6) is 0.915. The van der Waals surface area contributed by atoms with Gasteiger partial charge in [0.05, 0.1) is 0 Å². The summed E-state index contributed by atoms with van der Waals surface area (Å²) in [7, 11) is 0. The summed E-state index contributed by atoms with van der Waals surface area (Å²) in [6, 6.07) is 6.57. The summed E-state index contributed by atoms with van der Waals surface area (Å²) >= 11 is 0. The first-order valence-electron chi connectivity index (χ1n) is 8.24. The Kier molecular flexibility index (Phi) is 4.29. The van der Waals surface area contributed by atoms with Gasteiger partial charge in [-0.2, -0.15) is 0 Å². The van der Waals surface area contributed by atoms with Crippen LogP contribution in [0.3, 0.4) is 0 Å². The summed E-state index contributed by atoms with van der Waals surface area (Å²) in [6.45, 7) is 7.29. The van der Waals surface area contributed by atoms with Crippen molar-refractivity contribution in [1.29, 1.82) is 0 Å². The first kappa shape index (κ1) is 14.6. The van der Waals surface area contributed by atoms with Gasteiger partial charge in [0.15, 0.2) is 0 Å². The molecule has 0 spiro atoms. The van der Waals surface area contributed by atoms with Crippen molar-refractivity contribution in [2.24, 2.45) is 5.92 Å². The van der Waals surface area contributed by atoms with Crippen LogP contribution in [-0.4, -0.2) is 36.5 Å². The second-order valence-corrected chi connectivity index (χ2v) is 6.63. The van der Waals surface area contributed by atoms with Gasteiger partial charge in [0.25, 0.3) is 5.91 Å². The Morgan fingerprint density at radius 3 is 2.57 bits per heavy atom. The maximum Gasteiger partial charge on any atom is 0.254 e. The lowest BCUT2D eigenvalue weighted by Crippen LogP contribution is -2.40. The third kappa shape index (κ3) is 3.29. The van der Waals surface area contributed by atoms with Crippen molar-refractivity contribution < 1.29 is 4.79 Å². The number of carbonyl (C=O) groups excluding carboxylic acids is 1. The van der Waals surface area contributed by atoms with Crippen LogP contribution < -0.4 is 5.32 Å². The van der Waals surface area contributed by atoms with Gasteiger partial charge in [-0.15, -0.1) is 0 Å². The minimum absolute atomic E-state index is 0.247. The second-order valence-electron chi connectivity index (χ2n) is 6.63. The Balaban J connectivity index is 1.76. The molecular weight excluding hydrogens is 260 g/mol. The fraction of sp³-hybridized carbons (Fsp3) is 0.611. The van der Waals surface area contributed by atoms with E-state index < -0.39 is 0 Å². The molecule has 21 heavy (non-hydrogen) atoms. The lowest BCUT2D eigenvalue weighted by Gasteiger charge is -2.31. The van der Waals surface area contributed by atoms with Crippen LogP contribution in [0.4, 0.5) is 0 Å². The first-order chi connectivity index (χ1) is 10.2. The third-order valence-corrected chi connectivity index (χ3v) is 5.00. The van der Waals surface area contributed by atoms with E-state index in [2.05, 4.69) is 30.1 Å². The molecule has 1 aliphatic heterocycles. The molecule has 0 unspecified atom stereocenters. The van der Waals surface area contributed by atoms with Crippen LogP contribution in [0, 0.1) is 19.8 Å². The van der Waals surface area contributed by atoms with E-state index >= 15 is 0 Å². The molecule has 0 aromatic heterocycles. The number of hydrogen-bond acceptors (Lipinski definition) is 2. The number of amides is 1. The lowest BCUT2D eigenvalue weighted by atomic mass is 9.96. The molecule has 1 N–H and O–H groups in total. The Morgan fingerprint density at radius 2 is 1.90 bits per heavy atom. The minimum Gasteiger partial charge on any atom is -0.335 e. The molecule has 0 atom stereocenters. The largest absolute Gasteiger partial charge is 0.335 e. The van der Waals surface area contributed by atoms with Crippen LogP contribution >= 0.6 is 0 Å². The highest BCUT2D eigenvalue weighted by atomic mass is 16.2. The maximum absolute atomic E-state index is 13.0. The van der Waals surface area contributed by atoms with Crippen molar-refractivity contribution in [2.75, 3.05) is 19.6 Å². The van der Waals surface area contributed by atoms with E-state index in [1.54, 1.807) is 0 Å². The number of aryl methyl sites for hydroxylation is 1. The van der Waals surface area contributed by atoms with Crippen LogP contribution in [0.15, 0.2) is 18.2 Å². The highest BCUT2D eigenvalue weighted by Gasteiger charge is 2.35. The van der Waals surface area contributed by atoms with Gasteiger partial charge >= 0.3 is 0 Å². The average molecular weight is 286 g/mol. The van der Waals surface area contributed by atoms with Crippen LogP contribution in [0.2, 0.25) is 0 Å². The Bertz CT molecular complexity index is 516. The summed E-state index contributed by atoms with van der Waals surface area (Å²) in [5, 5.41) is 3.41. The third-order valence-electron chi connectivity index (χ3n) is 5.00. The average Bonchev–Trinajstić information content (AvgIpc) is 3.33. The molecule has 114 valence electrons. The number of nitrogens with one attached hydrogen (secondary N) is 1. The number of benzene rings is 1. The van der Waals surface area contributed by atoms with Crippen molar-refractivity contribution in [3.05, 3.63) is 34.9 Å². The smallest absolute Gasteiger partial charge is 0.254 e. The standard InChI is InChI=1S/C18H26N2O/c1-13-4-3-5-17(14(13)2)18(21)20(16-6-7-16)12-15-8-10-19-11-9-15/h3-5,15-16,19H,6-12H2,1-2H3. The van der Waals surface area contributed by atoms with E-state index in [0.29, 0.717) is 12.0 Å². The number of carbonyl (C=O) groups is 1. The van der Waals surface area contributed by atoms with Gasteiger partial charge in [-0.25, -0.2) is 0 Å². The monoisotopic (exact) mass is 286 g/mol. The molecule has 1 saturated carbocycles. The summed E-state index contributed by atoms with van der Waals surface area (Å²) in [4.78, 5) is 15.1. The number of hydrogen-bond donors (Lipinski definition) is 1. The van der Waals surface area contributed by atoms with Crippen LogP contribution in [0.5, 0.6) is 0 Å². The SMILES string of the molecule is Cc1cccc(C(=O)N(CC2CCNCC2)C2CC2)c1C. The topological polar surface area (TPSA) is 32.3 Å². The Labute approximate surface area is 127 Å². The van der Waals surface area contributed by atoms with Gasteiger partial charge < -0.3 is 10.2 Å². The first-order valence-corrected chi connectivity index (χ1v) is 8.24. The van der Waals surface area contributed by atoms with Gasteiger partial charge in [-0.1, -0.05) is 12.1 Å². The number of piperidine rings is 1. The zero-order valence-electron chi connectivity index (χ0n) is 13.2. The van der Waals surface area contributed by atoms with E-state index in [1.165, 1.54) is 31.2 Å². The van der Waals surface area contributed by atoms with Gasteiger partial charge in [-0.05, 0) is 75.7 Å². The molecule has 1 amide bonds. The number of rotatable bonds is 4. The van der Waals surface area contributed by atoms with E-state index in [-0.39, 0.29) is 5.91 Å². The van der Waals surface area contributed by atoms with E-state index in [4.69, 9.17) is 0 Å². The van der Waals surface area contributed by atoms with Crippen molar-refractivity contribution in [2.45, 2.75) is 45.6 Å². The van der Waals surface area contributed by atoms with E-state index in [9.17, 15) is 4.79 Å². The van der Waals surface area contributed by atoms with E-state index in [0.717, 1.165) is 30.8 Å². The predicted molar refractivity (Wildman–Crippen MR) is 85.6 cm³/mol. The predicted octanol–water partition coefficient (Wildman–Crippen LogP) is 2.91. The maximum atomic E-state index is 13.0. The van der Waals surface area contributed by atoms with Gasteiger partial charge in [0.2, 0.25) is 0 Å². The van der Waals surface area contributed by atoms with Gasteiger partial charge in [-0.3, -0.25) is 4.79 Å². The lowest BCUT2D eigenvalue weighted by molar-refractivity contribution is 0.0701. The van der Waals surface area contributed by atoms with Crippen molar-refractivity contribution in [3.8, 4) is 0 Å². The molecule has 3 nitrogen and oxygen atoms in total. The van der Waals surface area contributed by atoms with Crippen LogP contribution in [-0.2, 0) is 0 Å². The summed E-state index contributed by atoms with van der Waals surface area (Å²) in [6.07, 6.45) is 4.76. The Hall–Kier alpha value is -1.35. The molecule has 3 rings (SSSR count). The molecule has 2 aliphatic rings. The molecule has 3 heteroatoms. The quantitative estimate of drug-likeness (QED) is 0.923. The molecule has 1 aromatic carbocycles. The van der Waals surface area contributed by atoms with Gasteiger partial charge in [0, 0.05) is 18.2 Å². The highest BCUT2D eigenvalue weighted by Crippen LogP contribution is 2.31. The van der Waals surface area contributed by atoms with Crippen molar-refractivity contribution >= 4 is 5.91 Å². The van der Waals surface area contributed by atoms with Crippen molar-refractivity contribution in [1.82, 2.24) is 10.2 Å². The number of nitrogens with zero attached hydrogens (tertiary/aromatic N) is 1. The molecule has 1 aliphatic carbocycles. The fourth-order valence-corrected chi connectivity index (χ4v) is 3.26. The fourth-order valence-electron chi connectivity index (χ4n) is 3.26. The van der Waals surface area contributed by atoms with Crippen molar-refractivity contribution in [3.63, 3.8) is 0 Å². The second kappa shape index (κ2) is 6.18. The zero-order valence-corrected chi connectivity index (χ0v) is 13.2. The molecule has 1 aromatic rings. The molecular formula is C18H26N2O. The minimum atomic E-state index is 0.247. The van der Waals surface area contributed by atoms with Gasteiger partial charge in [0.1, 0.15) is 0 Å². The normalized spacial score (nSPS) is 19.5. The summed E-state index contributed by atoms with van der Waals surface area (Å²) < 4.78 is 0. The molecule has 1 saturated heterocycles. The van der Waals surface area contributed by atoms with Crippen LogP contribution in [0.25, 0.3) is 0 Å². The molecule has 2 fully saturated rings. The van der Waals surface area contributed by atoms with Crippen LogP contribution in [0.1, 0.15) is 47.2 Å². The van der Waals surface area contributed by atoms with E-state index in [1.807, 2.05) is 12.1 Å². The molecule has 0 bridgehead atoms. The highest BCUT2D eigenvalue weighted by molar-refractivity contribution is 5.96.